The molecule has 16 heavy (non-hydrogen) atoms. The third kappa shape index (κ3) is 2.31. The molecular formula is C13H15NO2. The first-order valence-corrected chi connectivity index (χ1v) is 5.44. The van der Waals surface area contributed by atoms with Crippen molar-refractivity contribution < 1.29 is 9.52 Å². The van der Waals surface area contributed by atoms with Gasteiger partial charge in [-0.2, -0.15) is 0 Å². The average molecular weight is 217 g/mol. The Morgan fingerprint density at radius 3 is 3.00 bits per heavy atom. The van der Waals surface area contributed by atoms with Gasteiger partial charge in [0, 0.05) is 30.8 Å². The number of aliphatic hydroxyl groups excluding tert-OH is 1. The SMILES string of the molecule is CCc1occc1C(O)Cc1cccnc1. The fourth-order valence-corrected chi connectivity index (χ4v) is 1.79. The van der Waals surface area contributed by atoms with E-state index in [4.69, 9.17) is 4.42 Å². The van der Waals surface area contributed by atoms with Crippen LogP contribution in [-0.4, -0.2) is 10.1 Å². The normalized spacial score (nSPS) is 12.6. The fraction of sp³-hybridized carbons (Fsp3) is 0.308. The number of aliphatic hydroxyl groups is 1. The van der Waals surface area contributed by atoms with Crippen LogP contribution < -0.4 is 0 Å². The van der Waals surface area contributed by atoms with E-state index >= 15 is 0 Å². The summed E-state index contributed by atoms with van der Waals surface area (Å²) in [6.45, 7) is 2.01. The summed E-state index contributed by atoms with van der Waals surface area (Å²) in [6, 6.07) is 5.67. The molecule has 0 bridgehead atoms. The van der Waals surface area contributed by atoms with E-state index < -0.39 is 6.10 Å². The number of rotatable bonds is 4. The van der Waals surface area contributed by atoms with Gasteiger partial charge in [0.2, 0.25) is 0 Å². The summed E-state index contributed by atoms with van der Waals surface area (Å²) in [4.78, 5) is 4.03. The average Bonchev–Trinajstić information content (AvgIpc) is 2.78. The maximum atomic E-state index is 10.1. The van der Waals surface area contributed by atoms with Gasteiger partial charge in [0.25, 0.3) is 0 Å². The van der Waals surface area contributed by atoms with Crippen molar-refractivity contribution in [1.82, 2.24) is 4.98 Å². The third-order valence-electron chi connectivity index (χ3n) is 2.61. The molecule has 0 spiro atoms. The van der Waals surface area contributed by atoms with Crippen LogP contribution in [0.5, 0.6) is 0 Å². The van der Waals surface area contributed by atoms with E-state index in [1.807, 2.05) is 25.1 Å². The summed E-state index contributed by atoms with van der Waals surface area (Å²) in [7, 11) is 0. The number of hydrogen-bond donors (Lipinski definition) is 1. The molecule has 3 nitrogen and oxygen atoms in total. The van der Waals surface area contributed by atoms with Crippen LogP contribution in [0.4, 0.5) is 0 Å². The van der Waals surface area contributed by atoms with Gasteiger partial charge in [0.15, 0.2) is 0 Å². The minimum absolute atomic E-state index is 0.516. The fourth-order valence-electron chi connectivity index (χ4n) is 1.79. The highest BCUT2D eigenvalue weighted by molar-refractivity contribution is 5.22. The molecule has 0 fully saturated rings. The Morgan fingerprint density at radius 1 is 1.44 bits per heavy atom. The maximum Gasteiger partial charge on any atom is 0.109 e. The second-order valence-electron chi connectivity index (χ2n) is 3.73. The van der Waals surface area contributed by atoms with E-state index in [9.17, 15) is 5.11 Å². The van der Waals surface area contributed by atoms with Crippen LogP contribution in [-0.2, 0) is 12.8 Å². The molecule has 0 saturated carbocycles. The van der Waals surface area contributed by atoms with Gasteiger partial charge in [-0.3, -0.25) is 4.98 Å². The molecule has 2 aromatic rings. The van der Waals surface area contributed by atoms with Crippen molar-refractivity contribution in [2.45, 2.75) is 25.9 Å². The first kappa shape index (κ1) is 10.9. The highest BCUT2D eigenvalue weighted by Crippen LogP contribution is 2.23. The van der Waals surface area contributed by atoms with Gasteiger partial charge in [0.05, 0.1) is 12.4 Å². The minimum atomic E-state index is -0.516. The van der Waals surface area contributed by atoms with Crippen molar-refractivity contribution in [3.8, 4) is 0 Å². The van der Waals surface area contributed by atoms with Crippen LogP contribution in [0.1, 0.15) is 29.9 Å². The largest absolute Gasteiger partial charge is 0.469 e. The van der Waals surface area contributed by atoms with Crippen LogP contribution in [0, 0.1) is 0 Å². The molecule has 84 valence electrons. The molecule has 0 aromatic carbocycles. The lowest BCUT2D eigenvalue weighted by atomic mass is 10.0. The van der Waals surface area contributed by atoms with Gasteiger partial charge >= 0.3 is 0 Å². The molecule has 0 radical (unpaired) electrons. The van der Waals surface area contributed by atoms with Crippen molar-refractivity contribution in [3.05, 3.63) is 53.7 Å². The maximum absolute atomic E-state index is 10.1. The lowest BCUT2D eigenvalue weighted by Crippen LogP contribution is -2.03. The van der Waals surface area contributed by atoms with Crippen LogP contribution in [0.3, 0.4) is 0 Å². The van der Waals surface area contributed by atoms with Crippen LogP contribution in [0.2, 0.25) is 0 Å². The standard InChI is InChI=1S/C13H15NO2/c1-2-13-11(5-7-16-13)12(15)8-10-4-3-6-14-9-10/h3-7,9,12,15H,2,8H2,1H3. The second-order valence-corrected chi connectivity index (χ2v) is 3.73. The molecule has 1 atom stereocenters. The molecule has 2 rings (SSSR count). The summed E-state index contributed by atoms with van der Waals surface area (Å²) < 4.78 is 5.30. The summed E-state index contributed by atoms with van der Waals surface area (Å²) in [6.07, 6.45) is 5.98. The molecule has 0 saturated heterocycles. The van der Waals surface area contributed by atoms with Crippen molar-refractivity contribution in [3.63, 3.8) is 0 Å². The molecule has 0 aliphatic heterocycles. The Hall–Kier alpha value is -1.61. The Kier molecular flexibility index (Phi) is 3.37. The molecule has 2 aromatic heterocycles. The Balaban J connectivity index is 2.11. The lowest BCUT2D eigenvalue weighted by molar-refractivity contribution is 0.176. The van der Waals surface area contributed by atoms with E-state index in [2.05, 4.69) is 4.98 Å². The summed E-state index contributed by atoms with van der Waals surface area (Å²) in [5.74, 6) is 0.858. The summed E-state index contributed by atoms with van der Waals surface area (Å²) in [5.41, 5.74) is 1.91. The smallest absolute Gasteiger partial charge is 0.109 e. The Bertz CT molecular complexity index is 436. The predicted molar refractivity (Wildman–Crippen MR) is 61.0 cm³/mol. The Morgan fingerprint density at radius 2 is 2.31 bits per heavy atom. The molecule has 1 unspecified atom stereocenters. The highest BCUT2D eigenvalue weighted by Gasteiger charge is 2.14. The topological polar surface area (TPSA) is 46.3 Å². The van der Waals surface area contributed by atoms with Crippen LogP contribution >= 0.6 is 0 Å². The zero-order valence-electron chi connectivity index (χ0n) is 9.26. The number of nitrogens with zero attached hydrogens (tertiary/aromatic N) is 1. The number of furan rings is 1. The van der Waals surface area contributed by atoms with Gasteiger partial charge in [-0.1, -0.05) is 13.0 Å². The van der Waals surface area contributed by atoms with Gasteiger partial charge in [-0.25, -0.2) is 0 Å². The molecule has 2 heterocycles. The summed E-state index contributed by atoms with van der Waals surface area (Å²) >= 11 is 0. The molecule has 0 aliphatic rings. The molecular weight excluding hydrogens is 202 g/mol. The first-order chi connectivity index (χ1) is 7.81. The van der Waals surface area contributed by atoms with Crippen molar-refractivity contribution in [2.75, 3.05) is 0 Å². The van der Waals surface area contributed by atoms with E-state index in [0.29, 0.717) is 6.42 Å². The minimum Gasteiger partial charge on any atom is -0.469 e. The van der Waals surface area contributed by atoms with Crippen LogP contribution in [0.25, 0.3) is 0 Å². The van der Waals surface area contributed by atoms with E-state index in [0.717, 1.165) is 23.3 Å². The van der Waals surface area contributed by atoms with Crippen molar-refractivity contribution in [1.29, 1.82) is 0 Å². The number of aromatic nitrogens is 1. The molecule has 1 N–H and O–H groups in total. The summed E-state index contributed by atoms with van der Waals surface area (Å²) in [5, 5.41) is 10.1. The van der Waals surface area contributed by atoms with Gasteiger partial charge < -0.3 is 9.52 Å². The van der Waals surface area contributed by atoms with Crippen LogP contribution in [0.15, 0.2) is 41.3 Å². The van der Waals surface area contributed by atoms with Crippen molar-refractivity contribution >= 4 is 0 Å². The van der Waals surface area contributed by atoms with Crippen molar-refractivity contribution in [2.24, 2.45) is 0 Å². The monoisotopic (exact) mass is 217 g/mol. The molecule has 3 heteroatoms. The highest BCUT2D eigenvalue weighted by atomic mass is 16.3. The lowest BCUT2D eigenvalue weighted by Gasteiger charge is -2.09. The van der Waals surface area contributed by atoms with Gasteiger partial charge in [0.1, 0.15) is 5.76 Å². The Labute approximate surface area is 94.8 Å². The number of hydrogen-bond acceptors (Lipinski definition) is 3. The molecule has 0 aliphatic carbocycles. The first-order valence-electron chi connectivity index (χ1n) is 5.44. The number of aryl methyl sites for hydroxylation is 1. The van der Waals surface area contributed by atoms with Gasteiger partial charge in [-0.15, -0.1) is 0 Å². The predicted octanol–water partition coefficient (Wildman–Crippen LogP) is 2.51. The molecule has 0 amide bonds. The quantitative estimate of drug-likeness (QED) is 0.855. The second kappa shape index (κ2) is 4.94. The van der Waals surface area contributed by atoms with E-state index in [1.54, 1.807) is 18.7 Å². The van der Waals surface area contributed by atoms with E-state index in [1.165, 1.54) is 0 Å². The van der Waals surface area contributed by atoms with Gasteiger partial charge in [-0.05, 0) is 17.7 Å². The zero-order chi connectivity index (χ0) is 11.4. The zero-order valence-corrected chi connectivity index (χ0v) is 9.26. The van der Waals surface area contributed by atoms with E-state index in [-0.39, 0.29) is 0 Å². The number of pyridine rings is 1. The third-order valence-corrected chi connectivity index (χ3v) is 2.61.